The Kier molecular flexibility index (Phi) is 5.68. The van der Waals surface area contributed by atoms with Crippen LogP contribution in [-0.2, 0) is 6.54 Å². The van der Waals surface area contributed by atoms with Crippen LogP contribution in [-0.4, -0.2) is 22.6 Å². The van der Waals surface area contributed by atoms with Gasteiger partial charge in [-0.3, -0.25) is 10.8 Å². The van der Waals surface area contributed by atoms with E-state index in [-0.39, 0.29) is 11.3 Å². The van der Waals surface area contributed by atoms with Gasteiger partial charge in [-0.1, -0.05) is 30.3 Å². The first-order valence-corrected chi connectivity index (χ1v) is 7.24. The highest BCUT2D eigenvalue weighted by Gasteiger charge is 2.09. The maximum Gasteiger partial charge on any atom is 0.335 e. The molecule has 0 saturated carbocycles. The van der Waals surface area contributed by atoms with Gasteiger partial charge in [0.15, 0.2) is 5.84 Å². The quantitative estimate of drug-likeness (QED) is 0.297. The molecule has 0 amide bonds. The average Bonchev–Trinajstić information content (AvgIpc) is 2.61. The van der Waals surface area contributed by atoms with Crippen LogP contribution in [0.3, 0.4) is 0 Å². The number of carboxylic acid groups (broad SMARTS) is 1. The molecule has 6 N–H and O–H groups in total. The maximum absolute atomic E-state index is 11.2. The number of nitrogens with zero attached hydrogens (tertiary/aromatic N) is 2. The van der Waals surface area contributed by atoms with Crippen LogP contribution in [0.5, 0.6) is 0 Å². The topological polar surface area (TPSA) is 147 Å². The summed E-state index contributed by atoms with van der Waals surface area (Å²) in [4.78, 5) is 11.2. The number of hydrogen-bond acceptors (Lipinski definition) is 6. The van der Waals surface area contributed by atoms with Crippen molar-refractivity contribution >= 4 is 28.9 Å². The number of rotatable bonds is 7. The fraction of sp³-hybridized carbons (Fsp3) is 0.0588. The van der Waals surface area contributed by atoms with Crippen molar-refractivity contribution in [2.24, 2.45) is 10.8 Å². The van der Waals surface area contributed by atoms with E-state index in [2.05, 4.69) is 15.8 Å². The van der Waals surface area contributed by atoms with E-state index < -0.39 is 11.8 Å². The van der Waals surface area contributed by atoms with E-state index in [4.69, 9.17) is 21.5 Å². The highest BCUT2D eigenvalue weighted by atomic mass is 16.4. The molecule has 0 saturated heterocycles. The van der Waals surface area contributed by atoms with E-state index in [1.54, 1.807) is 12.1 Å². The zero-order valence-electron chi connectivity index (χ0n) is 13.2. The number of anilines is 2. The van der Waals surface area contributed by atoms with Gasteiger partial charge in [-0.15, -0.1) is 0 Å². The molecule has 0 atom stereocenters. The van der Waals surface area contributed by atoms with Crippen LogP contribution >= 0.6 is 0 Å². The number of carbonyl (C=O) groups is 1. The zero-order chi connectivity index (χ0) is 18.2. The number of nitrogens with two attached hydrogens (primary N) is 1. The lowest BCUT2D eigenvalue weighted by Gasteiger charge is -2.13. The fourth-order valence-corrected chi connectivity index (χ4v) is 1.98. The summed E-state index contributed by atoms with van der Waals surface area (Å²) in [6, 6.07) is 15.8. The third kappa shape index (κ3) is 4.80. The maximum atomic E-state index is 11.2. The minimum atomic E-state index is -1.09. The van der Waals surface area contributed by atoms with Crippen LogP contribution in [0.4, 0.5) is 11.4 Å². The number of nitriles is 1. The van der Waals surface area contributed by atoms with Crippen molar-refractivity contribution in [2.45, 2.75) is 6.54 Å². The van der Waals surface area contributed by atoms with Crippen LogP contribution in [0.2, 0.25) is 0 Å². The third-order valence-electron chi connectivity index (χ3n) is 3.24. The molecule has 25 heavy (non-hydrogen) atoms. The molecule has 0 aliphatic carbocycles. The Hall–Kier alpha value is -3.86. The third-order valence-corrected chi connectivity index (χ3v) is 3.24. The second-order valence-corrected chi connectivity index (χ2v) is 5.00. The molecule has 0 aromatic heterocycles. The van der Waals surface area contributed by atoms with Crippen LogP contribution < -0.4 is 16.5 Å². The van der Waals surface area contributed by atoms with Gasteiger partial charge in [-0.25, -0.2) is 4.79 Å². The molecular formula is C17H16N6O2. The molecular weight excluding hydrogens is 320 g/mol. The summed E-state index contributed by atoms with van der Waals surface area (Å²) < 4.78 is 0. The van der Waals surface area contributed by atoms with Crippen LogP contribution in [0.1, 0.15) is 15.9 Å². The van der Waals surface area contributed by atoms with E-state index >= 15 is 0 Å². The first-order valence-electron chi connectivity index (χ1n) is 7.24. The van der Waals surface area contributed by atoms with Gasteiger partial charge in [0, 0.05) is 6.54 Å². The number of amidine groups is 1. The fourth-order valence-electron chi connectivity index (χ4n) is 1.98. The Morgan fingerprint density at radius 3 is 2.56 bits per heavy atom. The van der Waals surface area contributed by atoms with E-state index in [1.807, 2.05) is 30.3 Å². The van der Waals surface area contributed by atoms with Gasteiger partial charge in [-0.2, -0.15) is 10.4 Å². The lowest BCUT2D eigenvalue weighted by atomic mass is 10.1. The normalized spacial score (nSPS) is 10.6. The van der Waals surface area contributed by atoms with Gasteiger partial charge in [0.25, 0.3) is 0 Å². The molecule has 126 valence electrons. The monoisotopic (exact) mass is 336 g/mol. The largest absolute Gasteiger partial charge is 0.478 e. The van der Waals surface area contributed by atoms with Crippen molar-refractivity contribution in [2.75, 3.05) is 10.7 Å². The second-order valence-electron chi connectivity index (χ2n) is 5.00. The summed E-state index contributed by atoms with van der Waals surface area (Å²) in [6.45, 7) is 0.517. The Morgan fingerprint density at radius 1 is 1.24 bits per heavy atom. The van der Waals surface area contributed by atoms with Crippen molar-refractivity contribution in [1.82, 2.24) is 0 Å². The lowest BCUT2D eigenvalue weighted by molar-refractivity contribution is 0.0697. The molecule has 0 bridgehead atoms. The molecule has 2 aromatic carbocycles. The van der Waals surface area contributed by atoms with Crippen LogP contribution in [0.15, 0.2) is 53.6 Å². The standard InChI is InChI=1S/C17H16N6O2/c18-9-15(16(19)20)23-22-14-8-12(17(24)25)6-7-13(14)21-10-11-4-2-1-3-5-11/h1-8,21-22H,10H2,(H3,19,20)(H,24,25)/b23-15+. The SMILES string of the molecule is N#C/C(=N\Nc1cc(C(=O)O)ccc1NCc1ccccc1)C(=N)N. The summed E-state index contributed by atoms with van der Waals surface area (Å²) in [5.41, 5.74) is 9.59. The van der Waals surface area contributed by atoms with Crippen molar-refractivity contribution in [3.63, 3.8) is 0 Å². The number of benzene rings is 2. The number of hydrogen-bond donors (Lipinski definition) is 5. The van der Waals surface area contributed by atoms with E-state index in [0.29, 0.717) is 17.9 Å². The number of aromatic carboxylic acids is 1. The van der Waals surface area contributed by atoms with Gasteiger partial charge in [-0.05, 0) is 23.8 Å². The molecule has 0 heterocycles. The summed E-state index contributed by atoms with van der Waals surface area (Å²) in [7, 11) is 0. The highest BCUT2D eigenvalue weighted by Crippen LogP contribution is 2.24. The minimum Gasteiger partial charge on any atom is -0.478 e. The molecule has 0 spiro atoms. The molecule has 8 heteroatoms. The molecule has 0 radical (unpaired) electrons. The first-order chi connectivity index (χ1) is 12.0. The van der Waals surface area contributed by atoms with Crippen molar-refractivity contribution < 1.29 is 9.90 Å². The predicted octanol–water partition coefficient (Wildman–Crippen LogP) is 2.22. The van der Waals surface area contributed by atoms with Crippen LogP contribution in [0, 0.1) is 16.7 Å². The molecule has 2 rings (SSSR count). The second kappa shape index (κ2) is 8.12. The minimum absolute atomic E-state index is 0.0595. The average molecular weight is 336 g/mol. The zero-order valence-corrected chi connectivity index (χ0v) is 13.2. The summed E-state index contributed by atoms with van der Waals surface area (Å²) >= 11 is 0. The molecule has 0 unspecified atom stereocenters. The van der Waals surface area contributed by atoms with Gasteiger partial charge in [0.1, 0.15) is 6.07 Å². The smallest absolute Gasteiger partial charge is 0.335 e. The Morgan fingerprint density at radius 2 is 1.96 bits per heavy atom. The molecule has 0 aliphatic heterocycles. The predicted molar refractivity (Wildman–Crippen MR) is 95.8 cm³/mol. The Bertz CT molecular complexity index is 855. The van der Waals surface area contributed by atoms with Gasteiger partial charge < -0.3 is 16.2 Å². The Labute approximate surface area is 144 Å². The lowest BCUT2D eigenvalue weighted by Crippen LogP contribution is -2.22. The van der Waals surface area contributed by atoms with E-state index in [9.17, 15) is 4.79 Å². The molecule has 8 nitrogen and oxygen atoms in total. The molecule has 0 aliphatic rings. The van der Waals surface area contributed by atoms with Gasteiger partial charge in [0.2, 0.25) is 5.71 Å². The number of nitrogens with one attached hydrogen (secondary N) is 3. The van der Waals surface area contributed by atoms with Gasteiger partial charge in [0.05, 0.1) is 16.9 Å². The summed E-state index contributed by atoms with van der Waals surface area (Å²) in [5, 5.41) is 32.2. The van der Waals surface area contributed by atoms with Crippen molar-refractivity contribution in [3.8, 4) is 6.07 Å². The highest BCUT2D eigenvalue weighted by molar-refractivity contribution is 6.45. The Balaban J connectivity index is 2.27. The summed E-state index contributed by atoms with van der Waals surface area (Å²) in [5.74, 6) is -1.57. The van der Waals surface area contributed by atoms with Crippen molar-refractivity contribution in [1.29, 1.82) is 10.7 Å². The van der Waals surface area contributed by atoms with E-state index in [0.717, 1.165) is 5.56 Å². The van der Waals surface area contributed by atoms with Crippen LogP contribution in [0.25, 0.3) is 0 Å². The number of hydrazone groups is 1. The number of carboxylic acids is 1. The van der Waals surface area contributed by atoms with Gasteiger partial charge >= 0.3 is 5.97 Å². The molecule has 2 aromatic rings. The summed E-state index contributed by atoms with van der Waals surface area (Å²) in [6.07, 6.45) is 0. The first kappa shape index (κ1) is 17.5. The van der Waals surface area contributed by atoms with E-state index in [1.165, 1.54) is 12.1 Å². The van der Waals surface area contributed by atoms with Crippen molar-refractivity contribution in [3.05, 3.63) is 59.7 Å². The molecule has 0 fully saturated rings.